The number of carbonyl (C=O) groups is 2. The molecule has 1 amide bonds. The molecule has 1 N–H and O–H groups in total. The van der Waals surface area contributed by atoms with E-state index in [1.807, 2.05) is 66.5 Å². The number of benzene rings is 3. The van der Waals surface area contributed by atoms with Crippen LogP contribution in [0, 0.1) is 11.3 Å². The number of fused-ring (bicyclic) bond motifs is 1. The van der Waals surface area contributed by atoms with E-state index in [9.17, 15) is 14.9 Å². The van der Waals surface area contributed by atoms with Crippen molar-refractivity contribution in [2.75, 3.05) is 17.4 Å². The lowest BCUT2D eigenvalue weighted by molar-refractivity contribution is -0.138. The van der Waals surface area contributed by atoms with Gasteiger partial charge in [-0.3, -0.25) is 14.5 Å². The molecule has 0 bridgehead atoms. The monoisotopic (exact) mass is 527 g/mol. The van der Waals surface area contributed by atoms with Crippen molar-refractivity contribution in [1.29, 1.82) is 5.26 Å². The first-order valence-electron chi connectivity index (χ1n) is 11.3. The van der Waals surface area contributed by atoms with Crippen LogP contribution in [0.15, 0.2) is 92.6 Å². The average molecular weight is 528 g/mol. The van der Waals surface area contributed by atoms with Crippen molar-refractivity contribution in [3.8, 4) is 6.07 Å². The van der Waals surface area contributed by atoms with Crippen LogP contribution < -0.4 is 10.4 Å². The fraction of sp³-hybridized carbons (Fsp3) is 0.111. The molecule has 0 radical (unpaired) electrons. The summed E-state index contributed by atoms with van der Waals surface area (Å²) in [6.45, 7) is 1.61. The minimum atomic E-state index is -0.521. The molecular formula is C27H21N5O3S2. The number of hydrogen-bond acceptors (Lipinski definition) is 9. The van der Waals surface area contributed by atoms with E-state index in [2.05, 4.69) is 11.5 Å². The van der Waals surface area contributed by atoms with Gasteiger partial charge in [-0.2, -0.15) is 5.26 Å². The second kappa shape index (κ2) is 10.4. The molecular weight excluding hydrogens is 506 g/mol. The third-order valence-corrected chi connectivity index (χ3v) is 8.06. The topological polar surface area (TPSA) is 98.0 Å². The van der Waals surface area contributed by atoms with Crippen molar-refractivity contribution in [2.24, 2.45) is 4.99 Å². The Bertz CT molecular complexity index is 1500. The van der Waals surface area contributed by atoms with E-state index in [0.29, 0.717) is 33.6 Å². The van der Waals surface area contributed by atoms with Gasteiger partial charge in [-0.1, -0.05) is 54.2 Å². The standard InChI is InChI=1S/C27H21N5O3S2/c1-17(33)35-30-20-13-12-19(15-28)14-21(20)29-27-32(16-18-8-4-3-5-9-18)25(34)24(37-27)26-31(2)22-10-6-7-11-23(22)36-26/h3-14,30H,16H2,1-2H3. The van der Waals surface area contributed by atoms with Crippen LogP contribution in [0.4, 0.5) is 17.1 Å². The van der Waals surface area contributed by atoms with Crippen molar-refractivity contribution in [3.63, 3.8) is 0 Å². The van der Waals surface area contributed by atoms with Gasteiger partial charge < -0.3 is 9.74 Å². The minimum Gasteiger partial charge on any atom is -0.344 e. The minimum absolute atomic E-state index is 0.152. The molecule has 37 heavy (non-hydrogen) atoms. The lowest BCUT2D eigenvalue weighted by Gasteiger charge is -2.17. The molecule has 0 aliphatic carbocycles. The molecule has 0 aromatic heterocycles. The van der Waals surface area contributed by atoms with E-state index >= 15 is 0 Å². The summed E-state index contributed by atoms with van der Waals surface area (Å²) in [6, 6.07) is 24.6. The number of carbonyl (C=O) groups excluding carboxylic acids is 2. The van der Waals surface area contributed by atoms with Gasteiger partial charge in [0.15, 0.2) is 5.17 Å². The molecule has 1 fully saturated rings. The van der Waals surface area contributed by atoms with Crippen LogP contribution in [-0.4, -0.2) is 29.0 Å². The molecule has 3 aromatic carbocycles. The van der Waals surface area contributed by atoms with Gasteiger partial charge >= 0.3 is 5.97 Å². The number of amides is 1. The highest BCUT2D eigenvalue weighted by atomic mass is 32.2. The molecule has 0 unspecified atom stereocenters. The molecule has 3 aromatic rings. The van der Waals surface area contributed by atoms with Crippen molar-refractivity contribution in [3.05, 3.63) is 93.9 Å². The Morgan fingerprint density at radius 2 is 1.84 bits per heavy atom. The summed E-state index contributed by atoms with van der Waals surface area (Å²) < 4.78 is 0. The van der Waals surface area contributed by atoms with Gasteiger partial charge in [0.1, 0.15) is 4.91 Å². The third-order valence-electron chi connectivity index (χ3n) is 5.63. The van der Waals surface area contributed by atoms with Crippen LogP contribution in [0.3, 0.4) is 0 Å². The van der Waals surface area contributed by atoms with Gasteiger partial charge in [-0.05, 0) is 47.7 Å². The van der Waals surface area contributed by atoms with Crippen LogP contribution >= 0.6 is 23.5 Å². The first-order valence-corrected chi connectivity index (χ1v) is 12.9. The quantitative estimate of drug-likeness (QED) is 0.337. The lowest BCUT2D eigenvalue weighted by Crippen LogP contribution is -2.29. The van der Waals surface area contributed by atoms with Gasteiger partial charge in [-0.25, -0.2) is 10.5 Å². The summed E-state index contributed by atoms with van der Waals surface area (Å²) in [6.07, 6.45) is 0. The fourth-order valence-corrected chi connectivity index (χ4v) is 6.17. The maximum absolute atomic E-state index is 13.8. The van der Waals surface area contributed by atoms with Gasteiger partial charge in [0.25, 0.3) is 5.91 Å². The molecule has 2 aliphatic heterocycles. The number of nitrogens with zero attached hydrogens (tertiary/aromatic N) is 4. The average Bonchev–Trinajstić information content (AvgIpc) is 3.40. The van der Waals surface area contributed by atoms with E-state index in [-0.39, 0.29) is 5.91 Å². The molecule has 8 nitrogen and oxygen atoms in total. The van der Waals surface area contributed by atoms with Crippen molar-refractivity contribution >= 4 is 57.6 Å². The number of nitrogens with one attached hydrogen (secondary N) is 1. The largest absolute Gasteiger partial charge is 0.344 e. The van der Waals surface area contributed by atoms with Gasteiger partial charge in [-0.15, -0.1) is 0 Å². The normalized spacial score (nSPS) is 17.6. The summed E-state index contributed by atoms with van der Waals surface area (Å²) in [5.41, 5.74) is 5.74. The zero-order chi connectivity index (χ0) is 25.9. The summed E-state index contributed by atoms with van der Waals surface area (Å²) in [5, 5.41) is 10.7. The van der Waals surface area contributed by atoms with E-state index in [1.54, 1.807) is 34.9 Å². The summed E-state index contributed by atoms with van der Waals surface area (Å²) in [4.78, 5) is 40.2. The van der Waals surface area contributed by atoms with Crippen LogP contribution in [0.25, 0.3) is 0 Å². The molecule has 10 heteroatoms. The predicted molar refractivity (Wildman–Crippen MR) is 146 cm³/mol. The Morgan fingerprint density at radius 1 is 1.08 bits per heavy atom. The van der Waals surface area contributed by atoms with Gasteiger partial charge in [0, 0.05) is 18.9 Å². The number of amidine groups is 1. The molecule has 0 atom stereocenters. The van der Waals surface area contributed by atoms with E-state index in [4.69, 9.17) is 9.83 Å². The van der Waals surface area contributed by atoms with E-state index in [0.717, 1.165) is 21.2 Å². The van der Waals surface area contributed by atoms with Crippen molar-refractivity contribution < 1.29 is 14.4 Å². The maximum atomic E-state index is 13.8. The number of anilines is 2. The van der Waals surface area contributed by atoms with Crippen LogP contribution in [0.1, 0.15) is 18.1 Å². The Labute approximate surface area is 222 Å². The number of para-hydroxylation sites is 1. The van der Waals surface area contributed by atoms with Crippen LogP contribution in [0.5, 0.6) is 0 Å². The highest BCUT2D eigenvalue weighted by Crippen LogP contribution is 2.50. The molecule has 5 rings (SSSR count). The molecule has 2 aliphatic rings. The molecule has 2 heterocycles. The SMILES string of the molecule is CC(=O)ONc1ccc(C#N)cc1N=C1SC(=C2Sc3ccccc3N2C)C(=O)N1Cc1ccccc1. The molecule has 0 spiro atoms. The first-order chi connectivity index (χ1) is 17.9. The summed E-state index contributed by atoms with van der Waals surface area (Å²) >= 11 is 2.84. The van der Waals surface area contributed by atoms with E-state index in [1.165, 1.54) is 18.7 Å². The Hall–Kier alpha value is -4.20. The molecule has 0 saturated carbocycles. The van der Waals surface area contributed by atoms with E-state index < -0.39 is 5.97 Å². The van der Waals surface area contributed by atoms with Crippen molar-refractivity contribution in [1.82, 2.24) is 4.90 Å². The van der Waals surface area contributed by atoms with Gasteiger partial charge in [0.2, 0.25) is 0 Å². The highest BCUT2D eigenvalue weighted by molar-refractivity contribution is 8.19. The molecule has 184 valence electrons. The smallest absolute Gasteiger partial charge is 0.329 e. The van der Waals surface area contributed by atoms with Crippen LogP contribution in [-0.2, 0) is 21.0 Å². The number of aliphatic imine (C=N–C) groups is 1. The van der Waals surface area contributed by atoms with Gasteiger partial charge in [0.05, 0.1) is 40.3 Å². The Kier molecular flexibility index (Phi) is 6.90. The summed E-state index contributed by atoms with van der Waals surface area (Å²) in [5.74, 6) is -0.673. The Morgan fingerprint density at radius 3 is 2.57 bits per heavy atom. The number of rotatable bonds is 5. The predicted octanol–water partition coefficient (Wildman–Crippen LogP) is 5.62. The Balaban J connectivity index is 1.58. The second-order valence-electron chi connectivity index (χ2n) is 8.18. The first kappa shape index (κ1) is 24.5. The number of thioether (sulfide) groups is 2. The van der Waals surface area contributed by atoms with Crippen LogP contribution in [0.2, 0.25) is 0 Å². The fourth-order valence-electron chi connectivity index (χ4n) is 3.83. The zero-order valence-corrected chi connectivity index (χ0v) is 21.6. The van der Waals surface area contributed by atoms with Crippen molar-refractivity contribution in [2.45, 2.75) is 18.4 Å². The third kappa shape index (κ3) is 5.05. The summed E-state index contributed by atoms with van der Waals surface area (Å²) in [7, 11) is 1.95. The lowest BCUT2D eigenvalue weighted by atomic mass is 10.2. The highest BCUT2D eigenvalue weighted by Gasteiger charge is 2.39. The molecule has 1 saturated heterocycles. The maximum Gasteiger partial charge on any atom is 0.329 e. The number of hydrogen-bond donors (Lipinski definition) is 1. The number of nitriles is 1. The second-order valence-corrected chi connectivity index (χ2v) is 10.2. The zero-order valence-electron chi connectivity index (χ0n) is 20.0.